The molecule has 0 N–H and O–H groups in total. The van der Waals surface area contributed by atoms with E-state index in [4.69, 9.17) is 0 Å². The van der Waals surface area contributed by atoms with Crippen molar-refractivity contribution in [2.24, 2.45) is 0 Å². The third kappa shape index (κ3) is 2.72. The van der Waals surface area contributed by atoms with Crippen molar-refractivity contribution in [1.82, 2.24) is 4.57 Å². The quantitative estimate of drug-likeness (QED) is 0.571. The van der Waals surface area contributed by atoms with Crippen LogP contribution in [-0.2, 0) is 6.54 Å². The fourth-order valence-corrected chi connectivity index (χ4v) is 2.83. The number of hydrogen-bond donors (Lipinski definition) is 0. The van der Waals surface area contributed by atoms with Crippen molar-refractivity contribution in [3.8, 4) is 0 Å². The molecule has 0 atom stereocenters. The van der Waals surface area contributed by atoms with Crippen molar-refractivity contribution in [3.05, 3.63) is 69.2 Å². The molecule has 0 radical (unpaired) electrons. The lowest BCUT2D eigenvalue weighted by molar-refractivity contribution is 0.0973. The van der Waals surface area contributed by atoms with Gasteiger partial charge in [-0.3, -0.25) is 4.79 Å². The van der Waals surface area contributed by atoms with Gasteiger partial charge in [0, 0.05) is 31.6 Å². The summed E-state index contributed by atoms with van der Waals surface area (Å²) in [6.45, 7) is 0.354. The van der Waals surface area contributed by atoms with Gasteiger partial charge in [0.15, 0.2) is 5.78 Å². The molecule has 0 amide bonds. The number of nitrogens with zero attached hydrogens (tertiary/aromatic N) is 1. The zero-order valence-electron chi connectivity index (χ0n) is 10.5. The molecule has 0 aliphatic heterocycles. The Labute approximate surface area is 133 Å². The number of rotatable bonds is 3. The average Bonchev–Trinajstić information content (AvgIpc) is 2.81. The average molecular weight is 393 g/mol. The van der Waals surface area contributed by atoms with Crippen LogP contribution in [0.25, 0.3) is 10.9 Å². The van der Waals surface area contributed by atoms with Crippen LogP contribution in [0.15, 0.2) is 63.7 Å². The summed E-state index contributed by atoms with van der Waals surface area (Å²) in [6.07, 6.45) is 1.95. The fourth-order valence-electron chi connectivity index (χ4n) is 2.19. The number of Topliss-reactive ketones (excluding diaryl/α,β-unsaturated/α-hetero) is 1. The minimum Gasteiger partial charge on any atom is -0.340 e. The second kappa shape index (κ2) is 5.54. The number of fused-ring (bicyclic) bond motifs is 1. The van der Waals surface area contributed by atoms with Gasteiger partial charge in [-0.15, -0.1) is 0 Å². The molecule has 0 saturated carbocycles. The summed E-state index contributed by atoms with van der Waals surface area (Å²) < 4.78 is 4.00. The molecule has 0 fully saturated rings. The highest BCUT2D eigenvalue weighted by molar-refractivity contribution is 9.10. The van der Waals surface area contributed by atoms with Gasteiger partial charge in [-0.1, -0.05) is 44.0 Å². The number of carbonyl (C=O) groups excluding carboxylic acids is 1. The number of ketones is 1. The Hall–Kier alpha value is -1.39. The Morgan fingerprint density at radius 2 is 1.65 bits per heavy atom. The maximum Gasteiger partial charge on any atom is 0.182 e. The van der Waals surface area contributed by atoms with Crippen LogP contribution in [0.2, 0.25) is 0 Å². The minimum atomic E-state index is 0.109. The van der Waals surface area contributed by atoms with E-state index in [9.17, 15) is 4.79 Å². The second-order valence-corrected chi connectivity index (χ2v) is 6.41. The summed E-state index contributed by atoms with van der Waals surface area (Å²) in [7, 11) is 0. The highest BCUT2D eigenvalue weighted by Crippen LogP contribution is 2.21. The van der Waals surface area contributed by atoms with Crippen molar-refractivity contribution in [3.63, 3.8) is 0 Å². The molecule has 3 rings (SSSR count). The van der Waals surface area contributed by atoms with Crippen molar-refractivity contribution >= 4 is 48.5 Å². The topological polar surface area (TPSA) is 22.0 Å². The maximum absolute atomic E-state index is 12.3. The van der Waals surface area contributed by atoms with Gasteiger partial charge >= 0.3 is 0 Å². The molecule has 3 aromatic rings. The predicted octanol–water partition coefficient (Wildman–Crippen LogP) is 5.05. The molecule has 4 heteroatoms. The number of halogens is 2. The van der Waals surface area contributed by atoms with E-state index >= 15 is 0 Å². The SMILES string of the molecule is O=C(Cn1ccc2cc(Br)ccc21)c1ccc(Br)cc1. The monoisotopic (exact) mass is 391 g/mol. The molecule has 100 valence electrons. The van der Waals surface area contributed by atoms with Gasteiger partial charge in [-0.2, -0.15) is 0 Å². The molecule has 2 aromatic carbocycles. The van der Waals surface area contributed by atoms with E-state index < -0.39 is 0 Å². The molecule has 20 heavy (non-hydrogen) atoms. The van der Waals surface area contributed by atoms with Crippen molar-refractivity contribution in [2.45, 2.75) is 6.54 Å². The van der Waals surface area contributed by atoms with Gasteiger partial charge < -0.3 is 4.57 Å². The van der Waals surface area contributed by atoms with Crippen molar-refractivity contribution < 1.29 is 4.79 Å². The lowest BCUT2D eigenvalue weighted by Crippen LogP contribution is -2.09. The van der Waals surface area contributed by atoms with E-state index in [1.54, 1.807) is 0 Å². The van der Waals surface area contributed by atoms with Crippen LogP contribution in [0.4, 0.5) is 0 Å². The van der Waals surface area contributed by atoms with Crippen LogP contribution < -0.4 is 0 Å². The largest absolute Gasteiger partial charge is 0.340 e. The van der Waals surface area contributed by atoms with E-state index in [-0.39, 0.29) is 5.78 Å². The van der Waals surface area contributed by atoms with Gasteiger partial charge in [0.05, 0.1) is 6.54 Å². The van der Waals surface area contributed by atoms with Gasteiger partial charge in [0.25, 0.3) is 0 Å². The van der Waals surface area contributed by atoms with Crippen LogP contribution in [0.5, 0.6) is 0 Å². The molecule has 1 aromatic heterocycles. The van der Waals surface area contributed by atoms with Gasteiger partial charge in [0.2, 0.25) is 0 Å². The Morgan fingerprint density at radius 1 is 0.950 bits per heavy atom. The predicted molar refractivity (Wildman–Crippen MR) is 88.1 cm³/mol. The standard InChI is InChI=1S/C16H11Br2NO/c17-13-3-1-11(2-4-13)16(20)10-19-8-7-12-9-14(18)5-6-15(12)19/h1-9H,10H2. The smallest absolute Gasteiger partial charge is 0.182 e. The van der Waals surface area contributed by atoms with Gasteiger partial charge in [0.1, 0.15) is 0 Å². The van der Waals surface area contributed by atoms with Crippen molar-refractivity contribution in [1.29, 1.82) is 0 Å². The van der Waals surface area contributed by atoms with Crippen molar-refractivity contribution in [2.75, 3.05) is 0 Å². The Balaban J connectivity index is 1.89. The molecule has 0 aliphatic rings. The summed E-state index contributed by atoms with van der Waals surface area (Å²) in [5.41, 5.74) is 1.80. The van der Waals surface area contributed by atoms with Crippen LogP contribution in [0.1, 0.15) is 10.4 Å². The van der Waals surface area contributed by atoms with E-state index in [0.29, 0.717) is 6.54 Å². The summed E-state index contributed by atoms with van der Waals surface area (Å²) >= 11 is 6.83. The molecule has 1 heterocycles. The first kappa shape index (κ1) is 13.6. The maximum atomic E-state index is 12.3. The van der Waals surface area contributed by atoms with Crippen LogP contribution in [-0.4, -0.2) is 10.4 Å². The zero-order valence-corrected chi connectivity index (χ0v) is 13.7. The summed E-state index contributed by atoms with van der Waals surface area (Å²) in [5.74, 6) is 0.109. The Morgan fingerprint density at radius 3 is 2.40 bits per heavy atom. The van der Waals surface area contributed by atoms with Crippen LogP contribution >= 0.6 is 31.9 Å². The zero-order chi connectivity index (χ0) is 14.1. The fraction of sp³-hybridized carbons (Fsp3) is 0.0625. The number of hydrogen-bond acceptors (Lipinski definition) is 1. The number of aromatic nitrogens is 1. The molecule has 0 aliphatic carbocycles. The lowest BCUT2D eigenvalue weighted by Gasteiger charge is -2.05. The molecular weight excluding hydrogens is 382 g/mol. The Kier molecular flexibility index (Phi) is 3.76. The molecule has 0 saturated heterocycles. The number of carbonyl (C=O) groups is 1. The number of benzene rings is 2. The second-order valence-electron chi connectivity index (χ2n) is 4.58. The van der Waals surface area contributed by atoms with E-state index in [1.807, 2.05) is 53.2 Å². The van der Waals surface area contributed by atoms with Gasteiger partial charge in [-0.25, -0.2) is 0 Å². The first-order chi connectivity index (χ1) is 9.63. The molecule has 0 spiro atoms. The Bertz CT molecular complexity index is 775. The van der Waals surface area contributed by atoms with E-state index in [2.05, 4.69) is 37.9 Å². The summed E-state index contributed by atoms with van der Waals surface area (Å²) in [4.78, 5) is 12.3. The molecule has 2 nitrogen and oxygen atoms in total. The highest BCUT2D eigenvalue weighted by Gasteiger charge is 2.09. The lowest BCUT2D eigenvalue weighted by atomic mass is 10.1. The van der Waals surface area contributed by atoms with Crippen LogP contribution in [0, 0.1) is 0 Å². The molecule has 0 bridgehead atoms. The molecular formula is C16H11Br2NO. The van der Waals surface area contributed by atoms with Gasteiger partial charge in [-0.05, 0) is 36.4 Å². The summed E-state index contributed by atoms with van der Waals surface area (Å²) in [6, 6.07) is 15.5. The molecule has 0 unspecified atom stereocenters. The minimum absolute atomic E-state index is 0.109. The third-order valence-electron chi connectivity index (χ3n) is 3.21. The van der Waals surface area contributed by atoms with E-state index in [1.165, 1.54) is 0 Å². The summed E-state index contributed by atoms with van der Waals surface area (Å²) in [5, 5.41) is 1.13. The third-order valence-corrected chi connectivity index (χ3v) is 4.24. The first-order valence-electron chi connectivity index (χ1n) is 6.17. The normalized spacial score (nSPS) is 10.9. The highest BCUT2D eigenvalue weighted by atomic mass is 79.9. The van der Waals surface area contributed by atoms with E-state index in [0.717, 1.165) is 25.4 Å². The van der Waals surface area contributed by atoms with Crippen LogP contribution in [0.3, 0.4) is 0 Å². The first-order valence-corrected chi connectivity index (χ1v) is 7.75.